The summed E-state index contributed by atoms with van der Waals surface area (Å²) < 4.78 is 34.4. The molecule has 0 aromatic heterocycles. The van der Waals surface area contributed by atoms with Gasteiger partial charge in [-0.1, -0.05) is 330 Å². The van der Waals surface area contributed by atoms with Crippen LogP contribution in [0.4, 0.5) is 0 Å². The van der Waals surface area contributed by atoms with E-state index in [4.69, 9.17) is 18.5 Å². The van der Waals surface area contributed by atoms with Gasteiger partial charge in [-0.3, -0.25) is 14.2 Å². The zero-order valence-electron chi connectivity index (χ0n) is 62.9. The first kappa shape index (κ1) is 92.6. The Kier molecular flexibility index (Phi) is 71.6. The molecular weight excluding hydrogens is 1230 g/mol. The van der Waals surface area contributed by atoms with Crippen molar-refractivity contribution in [3.63, 3.8) is 0 Å². The van der Waals surface area contributed by atoms with Crippen LogP contribution in [0.5, 0.6) is 0 Å². The van der Waals surface area contributed by atoms with Gasteiger partial charge in [0.2, 0.25) is 0 Å². The molecule has 0 amide bonds. The second kappa shape index (κ2) is 75.8. The lowest BCUT2D eigenvalue weighted by Crippen LogP contribution is -2.37. The van der Waals surface area contributed by atoms with Gasteiger partial charge in [0.05, 0.1) is 27.7 Å². The van der Waals surface area contributed by atoms with E-state index in [1.165, 1.54) is 83.5 Å². The lowest BCUT2D eigenvalue weighted by atomic mass is 10.0. The Balaban J connectivity index is 4.10. The molecule has 0 radical (unpaired) electrons. The summed E-state index contributed by atoms with van der Waals surface area (Å²) in [6, 6.07) is 0. The van der Waals surface area contributed by atoms with Gasteiger partial charge < -0.3 is 27.9 Å². The number of hydrogen-bond donors (Lipinski definition) is 0. The second-order valence-electron chi connectivity index (χ2n) is 26.3. The van der Waals surface area contributed by atoms with Crippen LogP contribution in [0.25, 0.3) is 0 Å². The smallest absolute Gasteiger partial charge is 0.306 e. The molecule has 0 aliphatic rings. The van der Waals surface area contributed by atoms with Crippen LogP contribution < -0.4 is 4.89 Å². The summed E-state index contributed by atoms with van der Waals surface area (Å²) in [6.07, 6.45) is 119. The number of unbranched alkanes of at least 4 members (excludes halogenated alkanes) is 21. The zero-order chi connectivity index (χ0) is 71.1. The molecule has 0 aromatic rings. The maximum absolute atomic E-state index is 12.9. The third-order valence-electron chi connectivity index (χ3n) is 15.8. The Hall–Kier alpha value is -5.41. The van der Waals surface area contributed by atoms with Crippen molar-refractivity contribution in [2.75, 3.05) is 47.5 Å². The van der Waals surface area contributed by atoms with Crippen LogP contribution in [-0.2, 0) is 32.7 Å². The molecule has 0 rings (SSSR count). The predicted molar refractivity (Wildman–Crippen MR) is 424 cm³/mol. The molecule has 0 aliphatic carbocycles. The number of nitrogens with zero attached hydrogens (tertiary/aromatic N) is 1. The lowest BCUT2D eigenvalue weighted by Gasteiger charge is -2.28. The van der Waals surface area contributed by atoms with Crippen molar-refractivity contribution >= 4 is 19.8 Å². The molecule has 0 spiro atoms. The maximum atomic E-state index is 12.9. The number of quaternary nitrogens is 1. The predicted octanol–water partition coefficient (Wildman–Crippen LogP) is 25.5. The summed E-state index contributed by atoms with van der Waals surface area (Å²) in [7, 11) is 1.14. The molecule has 98 heavy (non-hydrogen) atoms. The molecule has 552 valence electrons. The summed E-state index contributed by atoms with van der Waals surface area (Å²) >= 11 is 0. The van der Waals surface area contributed by atoms with Gasteiger partial charge in [0.25, 0.3) is 7.82 Å². The van der Waals surface area contributed by atoms with Crippen LogP contribution in [0.15, 0.2) is 207 Å². The third-order valence-corrected chi connectivity index (χ3v) is 16.8. The van der Waals surface area contributed by atoms with Crippen LogP contribution in [0.1, 0.15) is 284 Å². The Bertz CT molecular complexity index is 2410. The molecule has 0 aliphatic heterocycles. The van der Waals surface area contributed by atoms with Gasteiger partial charge in [0, 0.05) is 12.8 Å². The highest BCUT2D eigenvalue weighted by Gasteiger charge is 2.22. The summed E-state index contributed by atoms with van der Waals surface area (Å²) in [5, 5.41) is 0. The number of carbonyl (C=O) groups excluding carboxylic acids is 2. The first-order valence-corrected chi connectivity index (χ1v) is 40.3. The van der Waals surface area contributed by atoms with Crippen LogP contribution in [-0.4, -0.2) is 70.0 Å². The second-order valence-corrected chi connectivity index (χ2v) is 27.7. The fourth-order valence-electron chi connectivity index (χ4n) is 9.96. The Morgan fingerprint density at radius 1 is 0.316 bits per heavy atom. The van der Waals surface area contributed by atoms with Crippen molar-refractivity contribution in [3.8, 4) is 0 Å². The van der Waals surface area contributed by atoms with E-state index in [9.17, 15) is 19.0 Å². The van der Waals surface area contributed by atoms with Crippen molar-refractivity contribution < 1.29 is 42.1 Å². The largest absolute Gasteiger partial charge is 0.756 e. The molecule has 0 saturated carbocycles. The van der Waals surface area contributed by atoms with E-state index in [1.807, 2.05) is 21.1 Å². The Morgan fingerprint density at radius 3 is 0.816 bits per heavy atom. The molecule has 2 unspecified atom stereocenters. The molecule has 0 fully saturated rings. The normalized spacial score (nSPS) is 14.2. The van der Waals surface area contributed by atoms with Crippen molar-refractivity contribution in [1.29, 1.82) is 0 Å². The molecule has 2 atom stereocenters. The molecule has 0 saturated heterocycles. The van der Waals surface area contributed by atoms with E-state index in [1.54, 1.807) is 0 Å². The fraction of sp³-hybridized carbons (Fsp3) is 0.591. The van der Waals surface area contributed by atoms with E-state index in [0.29, 0.717) is 17.4 Å². The molecule has 9 nitrogen and oxygen atoms in total. The number of carbonyl (C=O) groups is 2. The van der Waals surface area contributed by atoms with Crippen LogP contribution in [0.3, 0.4) is 0 Å². The average Bonchev–Trinajstić information content (AvgIpc) is 1.08. The minimum absolute atomic E-state index is 0.0419. The molecule has 10 heteroatoms. The summed E-state index contributed by atoms with van der Waals surface area (Å²) in [5.41, 5.74) is 0. The van der Waals surface area contributed by atoms with E-state index >= 15 is 0 Å². The minimum Gasteiger partial charge on any atom is -0.756 e. The van der Waals surface area contributed by atoms with E-state index in [0.717, 1.165) is 167 Å². The summed E-state index contributed by atoms with van der Waals surface area (Å²) in [4.78, 5) is 38.2. The first-order valence-electron chi connectivity index (χ1n) is 38.8. The van der Waals surface area contributed by atoms with Gasteiger partial charge in [0.1, 0.15) is 19.8 Å². The highest BCUT2D eigenvalue weighted by Crippen LogP contribution is 2.38. The number of rotatable bonds is 69. The van der Waals surface area contributed by atoms with Crippen molar-refractivity contribution in [2.24, 2.45) is 0 Å². The first-order chi connectivity index (χ1) is 48.0. The molecule has 0 bridgehead atoms. The molecule has 0 N–H and O–H groups in total. The minimum atomic E-state index is -4.66. The Morgan fingerprint density at radius 2 is 0.551 bits per heavy atom. The molecule has 0 aromatic carbocycles. The van der Waals surface area contributed by atoms with Gasteiger partial charge in [-0.05, 0) is 148 Å². The van der Waals surface area contributed by atoms with Gasteiger partial charge in [-0.15, -0.1) is 0 Å². The van der Waals surface area contributed by atoms with Gasteiger partial charge in [0.15, 0.2) is 6.10 Å². The highest BCUT2D eigenvalue weighted by molar-refractivity contribution is 7.45. The highest BCUT2D eigenvalue weighted by atomic mass is 31.2. The summed E-state index contributed by atoms with van der Waals surface area (Å²) in [6.45, 7) is 3.99. The van der Waals surface area contributed by atoms with Crippen LogP contribution >= 0.6 is 7.82 Å². The van der Waals surface area contributed by atoms with Crippen LogP contribution in [0, 0.1) is 0 Å². The third kappa shape index (κ3) is 79.6. The van der Waals surface area contributed by atoms with Gasteiger partial charge in [-0.25, -0.2) is 0 Å². The number of esters is 2. The number of phosphoric acid groups is 1. The van der Waals surface area contributed by atoms with E-state index in [-0.39, 0.29) is 26.1 Å². The SMILES string of the molecule is CC/C=C\C/C=C\C/C=C\C/C=C\C/C=C\C/C=C\C/C=C\C/C=C\C/C=C\C/C=C\CCCCCCCCCCCCC(=O)OC(COC(=O)CCCCCCCCCCCCC/C=C\C/C=C\C/C=C\C/C=C\C/C=C\C/C=C\C/C=C\CC)COP(=O)([O-])OCC[N+](C)(C)C. The monoisotopic (exact) mass is 1370 g/mol. The number of phosphoric ester groups is 1. The summed E-state index contributed by atoms with van der Waals surface area (Å²) in [5.74, 6) is -0.851. The van der Waals surface area contributed by atoms with Crippen molar-refractivity contribution in [2.45, 2.75) is 290 Å². The molecular formula is C88H142NO8P. The number of likely N-dealkylation sites (N-methyl/N-ethyl adjacent to an activating group) is 1. The quantitative estimate of drug-likeness (QED) is 0.0195. The number of hydrogen-bond acceptors (Lipinski definition) is 8. The van der Waals surface area contributed by atoms with Crippen molar-refractivity contribution in [1.82, 2.24) is 0 Å². The van der Waals surface area contributed by atoms with Gasteiger partial charge >= 0.3 is 11.9 Å². The Labute approximate surface area is 602 Å². The average molecular weight is 1370 g/mol. The van der Waals surface area contributed by atoms with Crippen LogP contribution in [0.2, 0.25) is 0 Å². The van der Waals surface area contributed by atoms with E-state index < -0.39 is 32.5 Å². The van der Waals surface area contributed by atoms with Gasteiger partial charge in [-0.2, -0.15) is 0 Å². The van der Waals surface area contributed by atoms with Crippen molar-refractivity contribution in [3.05, 3.63) is 207 Å². The molecule has 0 heterocycles. The number of ether oxygens (including phenoxy) is 2. The zero-order valence-corrected chi connectivity index (χ0v) is 63.8. The van der Waals surface area contributed by atoms with E-state index in [2.05, 4.69) is 220 Å². The fourth-order valence-corrected chi connectivity index (χ4v) is 10.7. The maximum Gasteiger partial charge on any atom is 0.306 e. The number of allylic oxidation sites excluding steroid dienone is 34. The lowest BCUT2D eigenvalue weighted by molar-refractivity contribution is -0.870. The topological polar surface area (TPSA) is 111 Å². The standard InChI is InChI=1S/C88H142NO8P/c1-6-8-10-12-14-16-18-20-22-24-26-28-30-32-34-36-38-40-41-42-43-44-45-46-47-49-51-53-55-57-59-61-63-65-67-69-71-73-75-77-79-81-88(91)97-86(85-96-98(92,93)95-83-82-89(3,4)5)84-94-87(90)80-78-76-74-72-70-68-66-64-62-60-58-56-54-52-50-48-39-37-35-33-31-29-27-25-23-21-19-17-15-13-11-9-7-2/h8-11,14-17,20-23,26-29,32-35,38-40,42-43,45-46,48-49,51-52,54-55,57,86H,6-7,12-13,18-19,24-25,30-31,36-37,41,44,47,50,53,56,58-85H2,1-5H3/b10-8-,11-9-,16-14-,17-15-,22-20-,23-21-,28-26-,29-27-,34-32-,35-33-,40-38-,43-42-,46-45-,48-39-,51-49-,54-52-,57-55-.